The van der Waals surface area contributed by atoms with E-state index in [0.717, 1.165) is 10.6 Å². The topological polar surface area (TPSA) is 66.6 Å². The predicted octanol–water partition coefficient (Wildman–Crippen LogP) is 1.32. The SMILES string of the molecule is CCN(CC)C(=O)CN1C(=O)C(N)CSc2ccccc21. The number of carbonyl (C=O) groups is 2. The molecule has 5 nitrogen and oxygen atoms in total. The Kier molecular flexibility index (Phi) is 5.25. The molecule has 2 N–H and O–H groups in total. The van der Waals surface area contributed by atoms with E-state index in [2.05, 4.69) is 0 Å². The third-order valence-electron chi connectivity index (χ3n) is 3.57. The van der Waals surface area contributed by atoms with Gasteiger partial charge >= 0.3 is 0 Å². The standard InChI is InChI=1S/C15H21N3O2S/c1-3-17(4-2)14(19)9-18-12-7-5-6-8-13(12)21-10-11(16)15(18)20/h5-8,11H,3-4,9-10,16H2,1-2H3. The lowest BCUT2D eigenvalue weighted by molar-refractivity contribution is -0.131. The van der Waals surface area contributed by atoms with Crippen molar-refractivity contribution in [2.24, 2.45) is 5.73 Å². The Morgan fingerprint density at radius 1 is 1.38 bits per heavy atom. The van der Waals surface area contributed by atoms with Gasteiger partial charge in [0.05, 0.1) is 11.7 Å². The van der Waals surface area contributed by atoms with Crippen molar-refractivity contribution in [3.8, 4) is 0 Å². The van der Waals surface area contributed by atoms with Gasteiger partial charge in [0.15, 0.2) is 0 Å². The van der Waals surface area contributed by atoms with Gasteiger partial charge in [0.25, 0.3) is 0 Å². The number of rotatable bonds is 4. The molecule has 0 aliphatic carbocycles. The summed E-state index contributed by atoms with van der Waals surface area (Å²) in [5, 5.41) is 0. The molecule has 21 heavy (non-hydrogen) atoms. The molecular weight excluding hydrogens is 286 g/mol. The van der Waals surface area contributed by atoms with E-state index in [-0.39, 0.29) is 18.4 Å². The molecule has 0 bridgehead atoms. The highest BCUT2D eigenvalue weighted by Gasteiger charge is 2.30. The van der Waals surface area contributed by atoms with Gasteiger partial charge in [0.2, 0.25) is 11.8 Å². The number of anilines is 1. The second-order valence-electron chi connectivity index (χ2n) is 4.88. The van der Waals surface area contributed by atoms with Gasteiger partial charge in [-0.05, 0) is 26.0 Å². The molecule has 0 saturated carbocycles. The number of para-hydroxylation sites is 1. The van der Waals surface area contributed by atoms with Gasteiger partial charge < -0.3 is 15.5 Å². The van der Waals surface area contributed by atoms with Crippen molar-refractivity contribution in [2.45, 2.75) is 24.8 Å². The molecule has 1 unspecified atom stereocenters. The van der Waals surface area contributed by atoms with Gasteiger partial charge in [-0.2, -0.15) is 0 Å². The maximum atomic E-state index is 12.5. The average Bonchev–Trinajstić information content (AvgIpc) is 2.61. The number of thioether (sulfide) groups is 1. The first-order valence-electron chi connectivity index (χ1n) is 7.15. The molecule has 2 amide bonds. The minimum atomic E-state index is -0.577. The third-order valence-corrected chi connectivity index (χ3v) is 4.75. The number of carbonyl (C=O) groups excluding carboxylic acids is 2. The maximum Gasteiger partial charge on any atom is 0.245 e. The molecule has 2 rings (SSSR count). The van der Waals surface area contributed by atoms with Crippen molar-refractivity contribution in [1.82, 2.24) is 4.90 Å². The van der Waals surface area contributed by atoms with E-state index in [1.165, 1.54) is 4.90 Å². The fourth-order valence-electron chi connectivity index (χ4n) is 2.35. The Morgan fingerprint density at radius 3 is 2.71 bits per heavy atom. The molecule has 1 aliphatic heterocycles. The molecule has 0 fully saturated rings. The van der Waals surface area contributed by atoms with Gasteiger partial charge in [-0.3, -0.25) is 9.59 Å². The minimum Gasteiger partial charge on any atom is -0.342 e. The van der Waals surface area contributed by atoms with Crippen LogP contribution in [0.4, 0.5) is 5.69 Å². The quantitative estimate of drug-likeness (QED) is 0.911. The summed E-state index contributed by atoms with van der Waals surface area (Å²) >= 11 is 1.56. The largest absolute Gasteiger partial charge is 0.342 e. The van der Waals surface area contributed by atoms with Gasteiger partial charge in [-0.1, -0.05) is 12.1 Å². The number of hydrogen-bond acceptors (Lipinski definition) is 4. The molecule has 6 heteroatoms. The lowest BCUT2D eigenvalue weighted by atomic mass is 10.2. The van der Waals surface area contributed by atoms with Crippen LogP contribution in [0.15, 0.2) is 29.2 Å². The maximum absolute atomic E-state index is 12.5. The van der Waals surface area contributed by atoms with Crippen LogP contribution in [0.25, 0.3) is 0 Å². The molecule has 1 aromatic carbocycles. The summed E-state index contributed by atoms with van der Waals surface area (Å²) in [4.78, 5) is 29.0. The first-order chi connectivity index (χ1) is 10.1. The third kappa shape index (κ3) is 3.39. The van der Waals surface area contributed by atoms with Crippen molar-refractivity contribution in [1.29, 1.82) is 0 Å². The highest BCUT2D eigenvalue weighted by molar-refractivity contribution is 7.99. The molecule has 0 spiro atoms. The Bertz CT molecular complexity index is 531. The van der Waals surface area contributed by atoms with E-state index in [0.29, 0.717) is 18.8 Å². The zero-order chi connectivity index (χ0) is 15.4. The fourth-order valence-corrected chi connectivity index (χ4v) is 3.35. The van der Waals surface area contributed by atoms with Crippen molar-refractivity contribution in [2.75, 3.05) is 30.3 Å². The first-order valence-corrected chi connectivity index (χ1v) is 8.13. The number of nitrogens with two attached hydrogens (primary N) is 1. The molecule has 1 heterocycles. The van der Waals surface area contributed by atoms with Crippen LogP contribution in [0.3, 0.4) is 0 Å². The number of likely N-dealkylation sites (N-methyl/N-ethyl adjacent to an activating group) is 1. The summed E-state index contributed by atoms with van der Waals surface area (Å²) in [6, 6.07) is 7.05. The van der Waals surface area contributed by atoms with Gasteiger partial charge in [-0.25, -0.2) is 0 Å². The first kappa shape index (κ1) is 15.9. The van der Waals surface area contributed by atoms with Crippen molar-refractivity contribution >= 4 is 29.3 Å². The average molecular weight is 307 g/mol. The molecule has 1 aliphatic rings. The number of fused-ring (bicyclic) bond motifs is 1. The predicted molar refractivity (Wildman–Crippen MR) is 85.4 cm³/mol. The highest BCUT2D eigenvalue weighted by atomic mass is 32.2. The van der Waals surface area contributed by atoms with Crippen LogP contribution in [0, 0.1) is 0 Å². The molecule has 1 aromatic rings. The summed E-state index contributed by atoms with van der Waals surface area (Å²) in [7, 11) is 0. The van der Waals surface area contributed by atoms with Crippen LogP contribution >= 0.6 is 11.8 Å². The Balaban J connectivity index is 2.30. The van der Waals surface area contributed by atoms with Crippen LogP contribution in [-0.4, -0.2) is 48.1 Å². The van der Waals surface area contributed by atoms with Crippen LogP contribution in [0.2, 0.25) is 0 Å². The van der Waals surface area contributed by atoms with E-state index in [4.69, 9.17) is 5.73 Å². The minimum absolute atomic E-state index is 0.0474. The zero-order valence-corrected chi connectivity index (χ0v) is 13.2. The lowest BCUT2D eigenvalue weighted by Gasteiger charge is -2.27. The second kappa shape index (κ2) is 6.95. The van der Waals surface area contributed by atoms with Crippen LogP contribution in [-0.2, 0) is 9.59 Å². The summed E-state index contributed by atoms with van der Waals surface area (Å²) in [5.41, 5.74) is 6.71. The van der Waals surface area contributed by atoms with Crippen LogP contribution in [0.1, 0.15) is 13.8 Å². The van der Waals surface area contributed by atoms with Crippen LogP contribution in [0.5, 0.6) is 0 Å². The van der Waals surface area contributed by atoms with E-state index in [9.17, 15) is 9.59 Å². The number of benzene rings is 1. The highest BCUT2D eigenvalue weighted by Crippen LogP contribution is 2.33. The lowest BCUT2D eigenvalue weighted by Crippen LogP contribution is -2.49. The molecule has 0 aromatic heterocycles. The number of nitrogens with zero attached hydrogens (tertiary/aromatic N) is 2. The van der Waals surface area contributed by atoms with E-state index < -0.39 is 6.04 Å². The molecule has 0 saturated heterocycles. The smallest absolute Gasteiger partial charge is 0.245 e. The van der Waals surface area contributed by atoms with Gasteiger partial charge in [0.1, 0.15) is 6.54 Å². The van der Waals surface area contributed by atoms with Crippen LogP contribution < -0.4 is 10.6 Å². The van der Waals surface area contributed by atoms with Crippen molar-refractivity contribution < 1.29 is 9.59 Å². The van der Waals surface area contributed by atoms with E-state index in [1.54, 1.807) is 16.7 Å². The Labute approximate surface area is 129 Å². The zero-order valence-electron chi connectivity index (χ0n) is 12.4. The molecule has 114 valence electrons. The summed E-state index contributed by atoms with van der Waals surface area (Å²) in [5.74, 6) is 0.293. The van der Waals surface area contributed by atoms with E-state index >= 15 is 0 Å². The normalized spacial score (nSPS) is 18.1. The van der Waals surface area contributed by atoms with Gasteiger partial charge in [-0.15, -0.1) is 11.8 Å². The molecule has 0 radical (unpaired) electrons. The Hall–Kier alpha value is -1.53. The van der Waals surface area contributed by atoms with Crippen molar-refractivity contribution in [3.63, 3.8) is 0 Å². The summed E-state index contributed by atoms with van der Waals surface area (Å²) in [6.45, 7) is 5.19. The summed E-state index contributed by atoms with van der Waals surface area (Å²) in [6.07, 6.45) is 0. The van der Waals surface area contributed by atoms with Crippen molar-refractivity contribution in [3.05, 3.63) is 24.3 Å². The Morgan fingerprint density at radius 2 is 2.05 bits per heavy atom. The molecular formula is C15H21N3O2S. The molecule has 1 atom stereocenters. The summed E-state index contributed by atoms with van der Waals surface area (Å²) < 4.78 is 0. The monoisotopic (exact) mass is 307 g/mol. The number of amides is 2. The van der Waals surface area contributed by atoms with E-state index in [1.807, 2.05) is 38.1 Å². The fraction of sp³-hybridized carbons (Fsp3) is 0.467. The van der Waals surface area contributed by atoms with Gasteiger partial charge in [0, 0.05) is 23.7 Å². The second-order valence-corrected chi connectivity index (χ2v) is 5.94. The number of hydrogen-bond donors (Lipinski definition) is 1.